The van der Waals surface area contributed by atoms with Gasteiger partial charge in [-0.2, -0.15) is 0 Å². The van der Waals surface area contributed by atoms with E-state index >= 15 is 0 Å². The molecule has 1 aliphatic rings. The molecule has 2 N–H and O–H groups in total. The molecule has 11 heavy (non-hydrogen) atoms. The van der Waals surface area contributed by atoms with Crippen molar-refractivity contribution < 1.29 is 4.74 Å². The van der Waals surface area contributed by atoms with E-state index in [0.717, 1.165) is 38.0 Å². The first kappa shape index (κ1) is 9.01. The summed E-state index contributed by atoms with van der Waals surface area (Å²) in [4.78, 5) is 0. The van der Waals surface area contributed by atoms with E-state index in [9.17, 15) is 0 Å². The number of nitrogens with two attached hydrogens (primary N) is 1. The fraction of sp³-hybridized carbons (Fsp3) is 1.00. The second-order valence-corrected chi connectivity index (χ2v) is 3.53. The van der Waals surface area contributed by atoms with Crippen molar-refractivity contribution in [1.82, 2.24) is 0 Å². The van der Waals surface area contributed by atoms with Crippen molar-refractivity contribution in [2.75, 3.05) is 19.8 Å². The molecule has 0 radical (unpaired) electrons. The first-order valence-electron chi connectivity index (χ1n) is 4.62. The molecule has 2 nitrogen and oxygen atoms in total. The van der Waals surface area contributed by atoms with Crippen molar-refractivity contribution in [1.29, 1.82) is 0 Å². The zero-order valence-corrected chi connectivity index (χ0v) is 7.38. The Morgan fingerprint density at radius 3 is 3.00 bits per heavy atom. The molecule has 0 saturated carbocycles. The molecule has 2 heteroatoms. The molecule has 0 amide bonds. The van der Waals surface area contributed by atoms with Crippen LogP contribution >= 0.6 is 0 Å². The standard InChI is InChI=1S/C9H19NO/c1-8(4-5-10)9-3-2-6-11-7-9/h8-9H,2-7,10H2,1H3. The normalized spacial score (nSPS) is 28.4. The second-order valence-electron chi connectivity index (χ2n) is 3.53. The highest BCUT2D eigenvalue weighted by atomic mass is 16.5. The predicted molar refractivity (Wildman–Crippen MR) is 46.4 cm³/mol. The molecule has 1 fully saturated rings. The number of hydrogen-bond acceptors (Lipinski definition) is 2. The van der Waals surface area contributed by atoms with Gasteiger partial charge >= 0.3 is 0 Å². The monoisotopic (exact) mass is 157 g/mol. The highest BCUT2D eigenvalue weighted by molar-refractivity contribution is 4.69. The van der Waals surface area contributed by atoms with Gasteiger partial charge in [0.2, 0.25) is 0 Å². The van der Waals surface area contributed by atoms with Gasteiger partial charge < -0.3 is 10.5 Å². The minimum absolute atomic E-state index is 0.750. The summed E-state index contributed by atoms with van der Waals surface area (Å²) in [5.41, 5.74) is 5.50. The van der Waals surface area contributed by atoms with Gasteiger partial charge in [0, 0.05) is 13.2 Å². The van der Waals surface area contributed by atoms with E-state index in [4.69, 9.17) is 10.5 Å². The summed E-state index contributed by atoms with van der Waals surface area (Å²) in [7, 11) is 0. The lowest BCUT2D eigenvalue weighted by Crippen LogP contribution is -2.24. The van der Waals surface area contributed by atoms with Crippen molar-refractivity contribution in [3.05, 3.63) is 0 Å². The van der Waals surface area contributed by atoms with E-state index in [1.807, 2.05) is 0 Å². The van der Waals surface area contributed by atoms with Crippen LogP contribution in [0.1, 0.15) is 26.2 Å². The van der Waals surface area contributed by atoms with E-state index in [2.05, 4.69) is 6.92 Å². The van der Waals surface area contributed by atoms with E-state index in [-0.39, 0.29) is 0 Å². The van der Waals surface area contributed by atoms with Gasteiger partial charge in [-0.3, -0.25) is 0 Å². The summed E-state index contributed by atoms with van der Waals surface area (Å²) in [5, 5.41) is 0. The Morgan fingerprint density at radius 1 is 1.64 bits per heavy atom. The van der Waals surface area contributed by atoms with E-state index in [0.29, 0.717) is 0 Å². The Labute approximate surface area is 69.1 Å². The quantitative estimate of drug-likeness (QED) is 0.672. The molecular formula is C9H19NO. The van der Waals surface area contributed by atoms with Crippen LogP contribution in [0.5, 0.6) is 0 Å². The molecule has 66 valence electrons. The lowest BCUT2D eigenvalue weighted by atomic mass is 9.87. The van der Waals surface area contributed by atoms with Gasteiger partial charge in [-0.15, -0.1) is 0 Å². The summed E-state index contributed by atoms with van der Waals surface area (Å²) < 4.78 is 5.41. The van der Waals surface area contributed by atoms with Crippen molar-refractivity contribution in [2.45, 2.75) is 26.2 Å². The zero-order valence-electron chi connectivity index (χ0n) is 7.38. The average Bonchev–Trinajstić information content (AvgIpc) is 2.07. The van der Waals surface area contributed by atoms with Crippen LogP contribution in [-0.4, -0.2) is 19.8 Å². The molecular weight excluding hydrogens is 138 g/mol. The Balaban J connectivity index is 2.21. The maximum atomic E-state index is 5.50. The highest BCUT2D eigenvalue weighted by Gasteiger charge is 2.19. The number of ether oxygens (including phenoxy) is 1. The second kappa shape index (κ2) is 4.73. The third kappa shape index (κ3) is 2.80. The van der Waals surface area contributed by atoms with Gasteiger partial charge in [0.15, 0.2) is 0 Å². The van der Waals surface area contributed by atoms with Crippen LogP contribution in [0.25, 0.3) is 0 Å². The van der Waals surface area contributed by atoms with Crippen LogP contribution in [0.3, 0.4) is 0 Å². The fourth-order valence-corrected chi connectivity index (χ4v) is 1.71. The summed E-state index contributed by atoms with van der Waals surface area (Å²) >= 11 is 0. The Morgan fingerprint density at radius 2 is 2.45 bits per heavy atom. The third-order valence-corrected chi connectivity index (χ3v) is 2.62. The van der Waals surface area contributed by atoms with Crippen LogP contribution < -0.4 is 5.73 Å². The van der Waals surface area contributed by atoms with Gasteiger partial charge in [0.05, 0.1) is 0 Å². The van der Waals surface area contributed by atoms with Crippen molar-refractivity contribution in [3.8, 4) is 0 Å². The summed E-state index contributed by atoms with van der Waals surface area (Å²) in [5.74, 6) is 1.52. The molecule has 0 aromatic heterocycles. The van der Waals surface area contributed by atoms with Crippen molar-refractivity contribution in [2.24, 2.45) is 17.6 Å². The molecule has 1 rings (SSSR count). The van der Waals surface area contributed by atoms with Crippen LogP contribution in [0, 0.1) is 11.8 Å². The fourth-order valence-electron chi connectivity index (χ4n) is 1.71. The number of hydrogen-bond donors (Lipinski definition) is 1. The Kier molecular flexibility index (Phi) is 3.87. The SMILES string of the molecule is CC(CCN)C1CCCOC1. The summed E-state index contributed by atoms with van der Waals surface area (Å²) in [6.45, 7) is 5.02. The van der Waals surface area contributed by atoms with Gasteiger partial charge in [-0.25, -0.2) is 0 Å². The van der Waals surface area contributed by atoms with E-state index < -0.39 is 0 Å². The predicted octanol–water partition coefficient (Wildman–Crippen LogP) is 1.40. The maximum absolute atomic E-state index is 5.50. The minimum Gasteiger partial charge on any atom is -0.381 e. The van der Waals surface area contributed by atoms with Gasteiger partial charge in [-0.05, 0) is 37.6 Å². The molecule has 2 unspecified atom stereocenters. The van der Waals surface area contributed by atoms with E-state index in [1.54, 1.807) is 0 Å². The zero-order chi connectivity index (χ0) is 8.10. The lowest BCUT2D eigenvalue weighted by Gasteiger charge is -2.27. The summed E-state index contributed by atoms with van der Waals surface area (Å²) in [6, 6.07) is 0. The molecule has 0 aromatic rings. The van der Waals surface area contributed by atoms with Crippen molar-refractivity contribution >= 4 is 0 Å². The van der Waals surface area contributed by atoms with Gasteiger partial charge in [0.25, 0.3) is 0 Å². The van der Waals surface area contributed by atoms with Crippen LogP contribution in [0.4, 0.5) is 0 Å². The summed E-state index contributed by atoms with van der Waals surface area (Å²) in [6.07, 6.45) is 3.72. The maximum Gasteiger partial charge on any atom is 0.0496 e. The van der Waals surface area contributed by atoms with Crippen LogP contribution in [0.15, 0.2) is 0 Å². The topological polar surface area (TPSA) is 35.2 Å². The van der Waals surface area contributed by atoms with E-state index in [1.165, 1.54) is 12.8 Å². The highest BCUT2D eigenvalue weighted by Crippen LogP contribution is 2.23. The van der Waals surface area contributed by atoms with Gasteiger partial charge in [0.1, 0.15) is 0 Å². The first-order valence-corrected chi connectivity index (χ1v) is 4.62. The molecule has 0 bridgehead atoms. The van der Waals surface area contributed by atoms with Crippen LogP contribution in [0.2, 0.25) is 0 Å². The lowest BCUT2D eigenvalue weighted by molar-refractivity contribution is 0.0328. The molecule has 1 saturated heterocycles. The third-order valence-electron chi connectivity index (χ3n) is 2.62. The average molecular weight is 157 g/mol. The minimum atomic E-state index is 0.750. The molecule has 2 atom stereocenters. The van der Waals surface area contributed by atoms with Crippen molar-refractivity contribution in [3.63, 3.8) is 0 Å². The molecule has 1 heterocycles. The molecule has 0 aliphatic carbocycles. The smallest absolute Gasteiger partial charge is 0.0496 e. The Bertz CT molecular complexity index is 99.7. The van der Waals surface area contributed by atoms with Gasteiger partial charge in [-0.1, -0.05) is 6.92 Å². The first-order chi connectivity index (χ1) is 5.34. The molecule has 0 spiro atoms. The number of rotatable bonds is 3. The largest absolute Gasteiger partial charge is 0.381 e. The molecule has 0 aromatic carbocycles. The van der Waals surface area contributed by atoms with Crippen LogP contribution in [-0.2, 0) is 4.74 Å². The Hall–Kier alpha value is -0.0800. The molecule has 1 aliphatic heterocycles.